The maximum Gasteiger partial charge on any atom is 0.356 e. The summed E-state index contributed by atoms with van der Waals surface area (Å²) in [5, 5.41) is 6.58. The molecular formula is C47H60N4O15. The molecule has 3 aromatic rings. The average molecular weight is 921 g/mol. The number of nitrogens with zero attached hydrogens (tertiary/aromatic N) is 2. The molecule has 3 rings (SSSR count). The lowest BCUT2D eigenvalue weighted by molar-refractivity contribution is -0.200. The lowest BCUT2D eigenvalue weighted by atomic mass is 9.90. The molecule has 0 aliphatic carbocycles. The third-order valence-corrected chi connectivity index (χ3v) is 9.67. The van der Waals surface area contributed by atoms with Crippen molar-refractivity contribution in [3.05, 3.63) is 77.6 Å². The Kier molecular flexibility index (Phi) is 22.8. The number of aliphatic imine (C=N–C) groups is 1. The van der Waals surface area contributed by atoms with Gasteiger partial charge in [0.05, 0.1) is 49.1 Å². The molecule has 0 saturated heterocycles. The summed E-state index contributed by atoms with van der Waals surface area (Å²) in [6.07, 6.45) is 3.19. The van der Waals surface area contributed by atoms with E-state index in [0.29, 0.717) is 24.8 Å². The van der Waals surface area contributed by atoms with Crippen LogP contribution >= 0.6 is 0 Å². The van der Waals surface area contributed by atoms with Crippen LogP contribution in [0.1, 0.15) is 113 Å². The van der Waals surface area contributed by atoms with Crippen molar-refractivity contribution in [3.8, 4) is 17.1 Å². The van der Waals surface area contributed by atoms with Gasteiger partial charge in [0.1, 0.15) is 23.8 Å². The van der Waals surface area contributed by atoms with Gasteiger partial charge in [0, 0.05) is 5.56 Å². The highest BCUT2D eigenvalue weighted by Crippen LogP contribution is 2.30. The van der Waals surface area contributed by atoms with Gasteiger partial charge in [-0.2, -0.15) is 0 Å². The molecule has 19 heteroatoms. The number of nitrogens with one attached hydrogen (secondary N) is 2. The second-order valence-corrected chi connectivity index (χ2v) is 15.3. The first-order valence-electron chi connectivity index (χ1n) is 21.7. The van der Waals surface area contributed by atoms with Crippen LogP contribution in [0.25, 0.3) is 11.3 Å². The van der Waals surface area contributed by atoms with Crippen molar-refractivity contribution < 1.29 is 71.3 Å². The SMILES string of the molecule is CCCCC[C@@H](C(=O)NCNC(=O)c1ccc(-c2ccc(C(=O)N=C(CC(=O)OCOC(=O)C(C)C)C(=O)OCOC(=O)C(C)C)c(OCC)c2)o1)[C@@H](CC)N(C=O)OCc1ccccc1. The Balaban J connectivity index is 1.74. The number of unbranched alkanes of at least 4 members (excludes halogenated alkanes) is 2. The van der Waals surface area contributed by atoms with Crippen LogP contribution in [0.3, 0.4) is 0 Å². The Bertz CT molecular complexity index is 2130. The number of hydroxylamine groups is 2. The maximum absolute atomic E-state index is 13.6. The number of hydrogen-bond donors (Lipinski definition) is 2. The van der Waals surface area contributed by atoms with Crippen molar-refractivity contribution in [2.24, 2.45) is 22.7 Å². The van der Waals surface area contributed by atoms with Gasteiger partial charge >= 0.3 is 23.9 Å². The predicted octanol–water partition coefficient (Wildman–Crippen LogP) is 6.09. The van der Waals surface area contributed by atoms with Gasteiger partial charge in [0.15, 0.2) is 5.76 Å². The maximum atomic E-state index is 13.6. The zero-order valence-electron chi connectivity index (χ0n) is 38.5. The average Bonchev–Trinajstić information content (AvgIpc) is 3.80. The molecule has 0 unspecified atom stereocenters. The normalized spacial score (nSPS) is 12.1. The molecule has 1 aromatic heterocycles. The molecule has 4 amide bonds. The van der Waals surface area contributed by atoms with Crippen molar-refractivity contribution in [1.29, 1.82) is 0 Å². The number of amides is 4. The third-order valence-electron chi connectivity index (χ3n) is 9.67. The highest BCUT2D eigenvalue weighted by molar-refractivity contribution is 6.41. The molecule has 66 heavy (non-hydrogen) atoms. The van der Waals surface area contributed by atoms with Crippen LogP contribution < -0.4 is 15.4 Å². The van der Waals surface area contributed by atoms with E-state index in [1.54, 1.807) is 34.6 Å². The fourth-order valence-electron chi connectivity index (χ4n) is 6.09. The van der Waals surface area contributed by atoms with E-state index in [9.17, 15) is 38.4 Å². The summed E-state index contributed by atoms with van der Waals surface area (Å²) in [4.78, 5) is 111. The molecule has 2 N–H and O–H groups in total. The Morgan fingerprint density at radius 1 is 0.803 bits per heavy atom. The Morgan fingerprint density at radius 3 is 2.11 bits per heavy atom. The van der Waals surface area contributed by atoms with E-state index in [1.165, 1.54) is 35.4 Å². The first-order valence-corrected chi connectivity index (χ1v) is 21.7. The number of hydrogen-bond acceptors (Lipinski definition) is 15. The van der Waals surface area contributed by atoms with E-state index in [4.69, 9.17) is 32.9 Å². The summed E-state index contributed by atoms with van der Waals surface area (Å²) < 4.78 is 31.1. The smallest absolute Gasteiger partial charge is 0.356 e. The van der Waals surface area contributed by atoms with Crippen LogP contribution in [0.15, 0.2) is 70.1 Å². The Labute approximate surface area is 383 Å². The van der Waals surface area contributed by atoms with Gasteiger partial charge in [-0.1, -0.05) is 97.2 Å². The van der Waals surface area contributed by atoms with E-state index in [0.717, 1.165) is 24.8 Å². The highest BCUT2D eigenvalue weighted by Gasteiger charge is 2.32. The van der Waals surface area contributed by atoms with Crippen molar-refractivity contribution in [2.75, 3.05) is 26.9 Å². The third kappa shape index (κ3) is 17.2. The van der Waals surface area contributed by atoms with E-state index >= 15 is 0 Å². The van der Waals surface area contributed by atoms with Gasteiger partial charge in [-0.15, -0.1) is 0 Å². The number of carbonyl (C=O) groups is 8. The molecular weight excluding hydrogens is 861 g/mol. The quantitative estimate of drug-likeness (QED) is 0.0209. The minimum atomic E-state index is -1.27. The molecule has 0 radical (unpaired) electrons. The fourth-order valence-corrected chi connectivity index (χ4v) is 6.09. The van der Waals surface area contributed by atoms with Gasteiger partial charge in [-0.25, -0.2) is 14.9 Å². The summed E-state index contributed by atoms with van der Waals surface area (Å²) in [6, 6.07) is 16.0. The standard InChI is InChI=1S/C47H60N4O15/c1-8-11-13-18-34(37(9-2)51(27-52)65-25-32-16-14-12-15-17-32)42(54)48-26-49-44(56)39-22-21-38(66-39)33-19-20-35(40(23-33)60-10-3)43(55)50-36(47(59)64-29-63-46(58)31(6)7)24-41(53)61-28-62-45(57)30(4)5/h12,14-17,19-23,27,30-31,34,37H,8-11,13,18,24-26,28-29H2,1-7H3,(H,48,54)(H,49,56)/t34-,37-/m1/s1. The summed E-state index contributed by atoms with van der Waals surface area (Å²) in [6.45, 7) is 10.3. The second kappa shape index (κ2) is 28.1. The number of rotatable bonds is 28. The fraction of sp³-hybridized carbons (Fsp3) is 0.468. The predicted molar refractivity (Wildman–Crippen MR) is 237 cm³/mol. The molecule has 2 aromatic carbocycles. The van der Waals surface area contributed by atoms with Crippen molar-refractivity contribution in [3.63, 3.8) is 0 Å². The molecule has 0 spiro atoms. The lowest BCUT2D eigenvalue weighted by Crippen LogP contribution is -2.48. The summed E-state index contributed by atoms with van der Waals surface area (Å²) >= 11 is 0. The van der Waals surface area contributed by atoms with Gasteiger partial charge in [-0.05, 0) is 49.6 Å². The lowest BCUT2D eigenvalue weighted by Gasteiger charge is -2.32. The van der Waals surface area contributed by atoms with Gasteiger partial charge in [0.2, 0.25) is 25.9 Å². The number of ether oxygens (including phenoxy) is 5. The van der Waals surface area contributed by atoms with Gasteiger partial charge in [0.25, 0.3) is 11.8 Å². The van der Waals surface area contributed by atoms with E-state index in [2.05, 4.69) is 15.6 Å². The van der Waals surface area contributed by atoms with Crippen LogP contribution in [0.2, 0.25) is 0 Å². The number of esters is 4. The van der Waals surface area contributed by atoms with Crippen molar-refractivity contribution in [2.45, 2.75) is 99.6 Å². The molecule has 0 aliphatic rings. The summed E-state index contributed by atoms with van der Waals surface area (Å²) in [5.41, 5.74) is 0.403. The molecule has 358 valence electrons. The zero-order valence-corrected chi connectivity index (χ0v) is 38.5. The first-order chi connectivity index (χ1) is 31.6. The molecule has 0 fully saturated rings. The van der Waals surface area contributed by atoms with Crippen LogP contribution in [-0.4, -0.2) is 91.7 Å². The van der Waals surface area contributed by atoms with Crippen LogP contribution in [0.4, 0.5) is 0 Å². The van der Waals surface area contributed by atoms with Crippen molar-refractivity contribution in [1.82, 2.24) is 15.7 Å². The molecule has 0 saturated carbocycles. The van der Waals surface area contributed by atoms with E-state index in [1.807, 2.05) is 44.2 Å². The summed E-state index contributed by atoms with van der Waals surface area (Å²) in [5.74, 6) is -7.22. The number of carbonyl (C=O) groups excluding carboxylic acids is 8. The first kappa shape index (κ1) is 53.4. The van der Waals surface area contributed by atoms with Gasteiger partial charge in [-0.3, -0.25) is 38.4 Å². The molecule has 0 aliphatic heterocycles. The molecule has 0 bridgehead atoms. The largest absolute Gasteiger partial charge is 0.493 e. The van der Waals surface area contributed by atoms with Crippen LogP contribution in [0.5, 0.6) is 5.75 Å². The number of benzene rings is 2. The number of furan rings is 1. The summed E-state index contributed by atoms with van der Waals surface area (Å²) in [7, 11) is 0. The van der Waals surface area contributed by atoms with Crippen molar-refractivity contribution >= 4 is 53.7 Å². The minimum Gasteiger partial charge on any atom is -0.493 e. The van der Waals surface area contributed by atoms with Crippen LogP contribution in [-0.2, 0) is 59.2 Å². The van der Waals surface area contributed by atoms with Gasteiger partial charge < -0.3 is 38.7 Å². The zero-order chi connectivity index (χ0) is 48.6. The molecule has 2 atom stereocenters. The van der Waals surface area contributed by atoms with E-state index < -0.39 is 85.2 Å². The Morgan fingerprint density at radius 2 is 1.48 bits per heavy atom. The monoisotopic (exact) mass is 920 g/mol. The van der Waals surface area contributed by atoms with E-state index in [-0.39, 0.29) is 48.6 Å². The highest BCUT2D eigenvalue weighted by atomic mass is 16.7. The Hall–Kier alpha value is -6.89. The minimum absolute atomic E-state index is 0.00750. The molecule has 1 heterocycles. The van der Waals surface area contributed by atoms with Crippen LogP contribution in [0, 0.1) is 17.8 Å². The molecule has 19 nitrogen and oxygen atoms in total. The topological polar surface area (TPSA) is 245 Å². The second-order valence-electron chi connectivity index (χ2n) is 15.3.